The van der Waals surface area contributed by atoms with Crippen LogP contribution in [0.5, 0.6) is 11.5 Å². The fraction of sp³-hybridized carbons (Fsp3) is 0.458. The highest BCUT2D eigenvalue weighted by molar-refractivity contribution is 7.93. The van der Waals surface area contributed by atoms with E-state index in [4.69, 9.17) is 14.2 Å². The summed E-state index contributed by atoms with van der Waals surface area (Å²) in [6.07, 6.45) is 0.767. The smallest absolute Gasteiger partial charge is 0.268 e. The van der Waals surface area contributed by atoms with Gasteiger partial charge in [0.25, 0.3) is 10.0 Å². The van der Waals surface area contributed by atoms with Crippen molar-refractivity contribution < 1.29 is 27.4 Å². The average Bonchev–Trinajstić information content (AvgIpc) is 2.85. The lowest BCUT2D eigenvalue weighted by atomic mass is 10.2. The summed E-state index contributed by atoms with van der Waals surface area (Å²) in [5.41, 5.74) is 1.09. The number of methoxy groups -OCH3 is 2. The van der Waals surface area contributed by atoms with Crippen LogP contribution in [0.25, 0.3) is 0 Å². The molecule has 1 heterocycles. The Morgan fingerprint density at radius 3 is 2.59 bits per heavy atom. The minimum absolute atomic E-state index is 0.00191. The minimum Gasteiger partial charge on any atom is -0.497 e. The predicted octanol–water partition coefficient (Wildman–Crippen LogP) is 2.05. The van der Waals surface area contributed by atoms with Gasteiger partial charge in [-0.2, -0.15) is 0 Å². The van der Waals surface area contributed by atoms with Crippen molar-refractivity contribution in [2.75, 3.05) is 64.5 Å². The Labute approximate surface area is 201 Å². The highest BCUT2D eigenvalue weighted by atomic mass is 32.2. The van der Waals surface area contributed by atoms with Gasteiger partial charge in [0.05, 0.1) is 33.1 Å². The molecule has 1 aliphatic rings. The molecule has 2 aromatic rings. The molecule has 0 bridgehead atoms. The zero-order valence-corrected chi connectivity index (χ0v) is 20.8. The lowest BCUT2D eigenvalue weighted by Crippen LogP contribution is -2.42. The molecule has 0 aromatic heterocycles. The number of carbonyl (C=O) groups excluding carboxylic acids is 1. The van der Waals surface area contributed by atoms with E-state index in [1.165, 1.54) is 14.2 Å². The maximum atomic E-state index is 13.7. The maximum absolute atomic E-state index is 13.7. The Bertz CT molecular complexity index is 1070. The molecular formula is C24H33N3O6S. The third kappa shape index (κ3) is 6.62. The van der Waals surface area contributed by atoms with E-state index in [2.05, 4.69) is 10.2 Å². The van der Waals surface area contributed by atoms with Gasteiger partial charge in [-0.25, -0.2) is 8.42 Å². The van der Waals surface area contributed by atoms with Gasteiger partial charge in [0, 0.05) is 25.7 Å². The van der Waals surface area contributed by atoms with Gasteiger partial charge in [0.15, 0.2) is 0 Å². The third-order valence-corrected chi connectivity index (χ3v) is 7.39. The van der Waals surface area contributed by atoms with Crippen LogP contribution in [0.15, 0.2) is 47.4 Å². The molecule has 2 aromatic carbocycles. The summed E-state index contributed by atoms with van der Waals surface area (Å²) in [5, 5.41) is 2.85. The van der Waals surface area contributed by atoms with Gasteiger partial charge in [-0.3, -0.25) is 14.0 Å². The monoisotopic (exact) mass is 491 g/mol. The molecule has 1 aliphatic heterocycles. The Balaban J connectivity index is 1.78. The van der Waals surface area contributed by atoms with Crippen LogP contribution in [0.4, 0.5) is 5.69 Å². The van der Waals surface area contributed by atoms with Crippen LogP contribution in [-0.2, 0) is 19.6 Å². The van der Waals surface area contributed by atoms with Gasteiger partial charge in [-0.05, 0) is 49.7 Å². The number of hydrogen-bond acceptors (Lipinski definition) is 7. The van der Waals surface area contributed by atoms with Crippen molar-refractivity contribution in [2.45, 2.75) is 18.2 Å². The van der Waals surface area contributed by atoms with E-state index in [1.54, 1.807) is 49.4 Å². The Kier molecular flexibility index (Phi) is 9.14. The molecule has 1 saturated heterocycles. The second-order valence-electron chi connectivity index (χ2n) is 8.02. The number of nitrogens with zero attached hydrogens (tertiary/aromatic N) is 2. The molecule has 0 atom stereocenters. The number of hydrogen-bond donors (Lipinski definition) is 1. The van der Waals surface area contributed by atoms with Crippen molar-refractivity contribution in [3.8, 4) is 11.5 Å². The number of sulfonamides is 1. The number of carbonyl (C=O) groups is 1. The summed E-state index contributed by atoms with van der Waals surface area (Å²) in [7, 11) is -1.20. The van der Waals surface area contributed by atoms with E-state index in [0.29, 0.717) is 18.0 Å². The Morgan fingerprint density at radius 1 is 1.12 bits per heavy atom. The first-order chi connectivity index (χ1) is 16.3. The van der Waals surface area contributed by atoms with Crippen molar-refractivity contribution in [2.24, 2.45) is 0 Å². The molecule has 0 spiro atoms. The molecule has 3 rings (SSSR count). The lowest BCUT2D eigenvalue weighted by molar-refractivity contribution is -0.119. The summed E-state index contributed by atoms with van der Waals surface area (Å²) in [6.45, 7) is 5.95. The van der Waals surface area contributed by atoms with Crippen LogP contribution in [0.2, 0.25) is 0 Å². The third-order valence-electron chi connectivity index (χ3n) is 5.59. The van der Waals surface area contributed by atoms with Gasteiger partial charge in [0.1, 0.15) is 22.9 Å². The molecule has 1 N–H and O–H groups in total. The van der Waals surface area contributed by atoms with Crippen molar-refractivity contribution in [1.82, 2.24) is 10.2 Å². The summed E-state index contributed by atoms with van der Waals surface area (Å²) in [4.78, 5) is 15.1. The first-order valence-corrected chi connectivity index (χ1v) is 12.7. The standard InChI is InChI=1S/C24H33N3O6S/c1-19-8-9-22(32-3)23(16-19)34(29,30)27(20-6-4-7-21(17-20)31-2)18-24(28)25-10-5-11-26-12-14-33-15-13-26/h4,6-9,16-17H,5,10-15,18H2,1-3H3,(H,25,28). The topological polar surface area (TPSA) is 97.4 Å². The van der Waals surface area contributed by atoms with Gasteiger partial charge in [-0.1, -0.05) is 12.1 Å². The first kappa shape index (κ1) is 25.8. The second kappa shape index (κ2) is 12.0. The van der Waals surface area contributed by atoms with Crippen LogP contribution in [-0.4, -0.2) is 79.4 Å². The largest absolute Gasteiger partial charge is 0.497 e. The van der Waals surface area contributed by atoms with Gasteiger partial charge < -0.3 is 19.5 Å². The van der Waals surface area contributed by atoms with Crippen molar-refractivity contribution in [3.05, 3.63) is 48.0 Å². The number of amides is 1. The van der Waals surface area contributed by atoms with Gasteiger partial charge in [-0.15, -0.1) is 0 Å². The fourth-order valence-electron chi connectivity index (χ4n) is 3.73. The number of rotatable bonds is 11. The van der Waals surface area contributed by atoms with Gasteiger partial charge >= 0.3 is 0 Å². The van der Waals surface area contributed by atoms with Crippen LogP contribution >= 0.6 is 0 Å². The molecular weight excluding hydrogens is 458 g/mol. The first-order valence-electron chi connectivity index (χ1n) is 11.2. The molecule has 186 valence electrons. The molecule has 0 saturated carbocycles. The molecule has 0 unspecified atom stereocenters. The summed E-state index contributed by atoms with van der Waals surface area (Å²) in [6, 6.07) is 11.5. The second-order valence-corrected chi connectivity index (χ2v) is 9.86. The average molecular weight is 492 g/mol. The fourth-order valence-corrected chi connectivity index (χ4v) is 5.38. The summed E-state index contributed by atoms with van der Waals surface area (Å²) in [5.74, 6) is 0.309. The number of anilines is 1. The zero-order valence-electron chi connectivity index (χ0n) is 20.0. The van der Waals surface area contributed by atoms with Crippen LogP contribution < -0.4 is 19.1 Å². The summed E-state index contributed by atoms with van der Waals surface area (Å²) < 4.78 is 44.5. The number of ether oxygens (including phenoxy) is 3. The van der Waals surface area contributed by atoms with E-state index in [0.717, 1.165) is 49.1 Å². The van der Waals surface area contributed by atoms with E-state index in [1.807, 2.05) is 0 Å². The van der Waals surface area contributed by atoms with Gasteiger partial charge in [0.2, 0.25) is 5.91 Å². The lowest BCUT2D eigenvalue weighted by Gasteiger charge is -2.27. The number of morpholine rings is 1. The van der Waals surface area contributed by atoms with E-state index >= 15 is 0 Å². The van der Waals surface area contributed by atoms with E-state index < -0.39 is 10.0 Å². The quantitative estimate of drug-likeness (QED) is 0.481. The molecule has 1 amide bonds. The van der Waals surface area contributed by atoms with Crippen LogP contribution in [0.1, 0.15) is 12.0 Å². The molecule has 34 heavy (non-hydrogen) atoms. The summed E-state index contributed by atoms with van der Waals surface area (Å²) >= 11 is 0. The minimum atomic E-state index is -4.12. The van der Waals surface area contributed by atoms with E-state index in [9.17, 15) is 13.2 Å². The molecule has 0 aliphatic carbocycles. The van der Waals surface area contributed by atoms with E-state index in [-0.39, 0.29) is 23.1 Å². The van der Waals surface area contributed by atoms with Crippen molar-refractivity contribution in [3.63, 3.8) is 0 Å². The van der Waals surface area contributed by atoms with Crippen molar-refractivity contribution >= 4 is 21.6 Å². The highest BCUT2D eigenvalue weighted by Crippen LogP contribution is 2.32. The highest BCUT2D eigenvalue weighted by Gasteiger charge is 2.30. The maximum Gasteiger partial charge on any atom is 0.268 e. The number of nitrogens with one attached hydrogen (secondary N) is 1. The molecule has 1 fully saturated rings. The Morgan fingerprint density at radius 2 is 1.88 bits per heavy atom. The molecule has 9 nitrogen and oxygen atoms in total. The SMILES string of the molecule is COc1cccc(N(CC(=O)NCCCN2CCOCC2)S(=O)(=O)c2cc(C)ccc2OC)c1. The number of aryl methyl sites for hydroxylation is 1. The molecule has 0 radical (unpaired) electrons. The van der Waals surface area contributed by atoms with Crippen molar-refractivity contribution in [1.29, 1.82) is 0 Å². The zero-order chi connectivity index (χ0) is 24.6. The Hall–Kier alpha value is -2.82. The molecule has 10 heteroatoms. The number of benzene rings is 2. The normalized spacial score (nSPS) is 14.4. The van der Waals surface area contributed by atoms with Crippen LogP contribution in [0.3, 0.4) is 0 Å². The predicted molar refractivity (Wildman–Crippen MR) is 130 cm³/mol. The van der Waals surface area contributed by atoms with Crippen LogP contribution in [0, 0.1) is 6.92 Å².